The van der Waals surface area contributed by atoms with Crippen LogP contribution < -0.4 is 11.1 Å². The van der Waals surface area contributed by atoms with Crippen LogP contribution in [0.15, 0.2) is 35.1 Å². The summed E-state index contributed by atoms with van der Waals surface area (Å²) in [4.78, 5) is 12.0. The summed E-state index contributed by atoms with van der Waals surface area (Å²) >= 11 is 0. The van der Waals surface area contributed by atoms with Gasteiger partial charge in [-0.05, 0) is 24.1 Å². The summed E-state index contributed by atoms with van der Waals surface area (Å²) in [5.74, 6) is 0.350. The summed E-state index contributed by atoms with van der Waals surface area (Å²) in [7, 11) is 0. The summed E-state index contributed by atoms with van der Waals surface area (Å²) < 4.78 is 5.12. The van der Waals surface area contributed by atoms with Gasteiger partial charge in [-0.2, -0.15) is 0 Å². The average molecular weight is 274 g/mol. The van der Waals surface area contributed by atoms with Crippen LogP contribution in [-0.2, 0) is 4.79 Å². The number of aromatic nitrogens is 2. The molecule has 106 valence electrons. The predicted molar refractivity (Wildman–Crippen MR) is 75.8 cm³/mol. The number of amides is 1. The second-order valence-electron chi connectivity index (χ2n) is 4.73. The topological polar surface area (TPSA) is 94.0 Å². The number of hydrogen-bond acceptors (Lipinski definition) is 5. The van der Waals surface area contributed by atoms with E-state index in [9.17, 15) is 4.79 Å². The molecule has 0 fully saturated rings. The Morgan fingerprint density at radius 1 is 1.50 bits per heavy atom. The van der Waals surface area contributed by atoms with Gasteiger partial charge in [0, 0.05) is 11.3 Å². The maximum Gasteiger partial charge on any atom is 0.247 e. The molecular formula is C14H18N4O2. The first-order valence-corrected chi connectivity index (χ1v) is 6.55. The Labute approximate surface area is 117 Å². The van der Waals surface area contributed by atoms with Crippen molar-refractivity contribution in [3.8, 4) is 11.5 Å². The average Bonchev–Trinajstić information content (AvgIpc) is 3.00. The van der Waals surface area contributed by atoms with E-state index in [4.69, 9.17) is 10.2 Å². The number of nitrogens with zero attached hydrogens (tertiary/aromatic N) is 2. The number of rotatable bonds is 5. The van der Waals surface area contributed by atoms with Gasteiger partial charge < -0.3 is 15.5 Å². The minimum atomic E-state index is -0.521. The lowest BCUT2D eigenvalue weighted by atomic mass is 9.99. The Kier molecular flexibility index (Phi) is 4.47. The quantitative estimate of drug-likeness (QED) is 0.870. The molecule has 2 aromatic rings. The Hall–Kier alpha value is -2.21. The smallest absolute Gasteiger partial charge is 0.247 e. The molecule has 1 heterocycles. The standard InChI is InChI=1S/C14H18N4O2/c1-3-9(2)12(15)13(19)17-11-6-4-5-10(7-11)14-18-16-8-20-14/h4-9,12H,3,15H2,1-2H3,(H,17,19)/t9-,12-/m0/s1. The summed E-state index contributed by atoms with van der Waals surface area (Å²) in [5.41, 5.74) is 7.30. The first-order chi connectivity index (χ1) is 9.61. The van der Waals surface area contributed by atoms with Crippen LogP contribution in [-0.4, -0.2) is 22.1 Å². The van der Waals surface area contributed by atoms with Crippen molar-refractivity contribution in [1.29, 1.82) is 0 Å². The van der Waals surface area contributed by atoms with Gasteiger partial charge in [0.2, 0.25) is 18.2 Å². The first-order valence-electron chi connectivity index (χ1n) is 6.55. The maximum atomic E-state index is 12.0. The number of benzene rings is 1. The van der Waals surface area contributed by atoms with Gasteiger partial charge in [-0.25, -0.2) is 0 Å². The van der Waals surface area contributed by atoms with E-state index in [0.717, 1.165) is 12.0 Å². The number of hydrogen-bond donors (Lipinski definition) is 2. The van der Waals surface area contributed by atoms with Crippen molar-refractivity contribution in [2.24, 2.45) is 11.7 Å². The lowest BCUT2D eigenvalue weighted by Gasteiger charge is -2.17. The predicted octanol–water partition coefficient (Wildman–Crippen LogP) is 2.05. The van der Waals surface area contributed by atoms with Crippen molar-refractivity contribution >= 4 is 11.6 Å². The van der Waals surface area contributed by atoms with Crippen LogP contribution in [0.5, 0.6) is 0 Å². The van der Waals surface area contributed by atoms with E-state index < -0.39 is 6.04 Å². The normalized spacial score (nSPS) is 13.8. The number of nitrogens with two attached hydrogens (primary N) is 1. The van der Waals surface area contributed by atoms with Crippen LogP contribution in [0.2, 0.25) is 0 Å². The van der Waals surface area contributed by atoms with E-state index in [1.165, 1.54) is 6.39 Å². The van der Waals surface area contributed by atoms with Gasteiger partial charge in [-0.1, -0.05) is 26.3 Å². The maximum absolute atomic E-state index is 12.0. The highest BCUT2D eigenvalue weighted by atomic mass is 16.4. The molecule has 1 amide bonds. The van der Waals surface area contributed by atoms with Crippen LogP contribution in [0.25, 0.3) is 11.5 Å². The van der Waals surface area contributed by atoms with Crippen LogP contribution >= 0.6 is 0 Å². The van der Waals surface area contributed by atoms with Gasteiger partial charge >= 0.3 is 0 Å². The minimum absolute atomic E-state index is 0.133. The molecule has 1 aromatic heterocycles. The SMILES string of the molecule is CC[C@H](C)[C@H](N)C(=O)Nc1cccc(-c2nnco2)c1. The zero-order valence-corrected chi connectivity index (χ0v) is 11.5. The molecule has 0 bridgehead atoms. The molecule has 20 heavy (non-hydrogen) atoms. The van der Waals surface area contributed by atoms with Crippen LogP contribution in [0, 0.1) is 5.92 Å². The molecule has 2 atom stereocenters. The monoisotopic (exact) mass is 274 g/mol. The lowest BCUT2D eigenvalue weighted by Crippen LogP contribution is -2.40. The summed E-state index contributed by atoms with van der Waals surface area (Å²) in [6, 6.07) is 6.68. The van der Waals surface area contributed by atoms with Crippen molar-refractivity contribution in [2.45, 2.75) is 26.3 Å². The van der Waals surface area contributed by atoms with E-state index in [1.54, 1.807) is 12.1 Å². The first kappa shape index (κ1) is 14.2. The fourth-order valence-corrected chi connectivity index (χ4v) is 1.77. The highest BCUT2D eigenvalue weighted by Crippen LogP contribution is 2.20. The largest absolute Gasteiger partial charge is 0.423 e. The Bertz CT molecular complexity index is 568. The minimum Gasteiger partial charge on any atom is -0.423 e. The van der Waals surface area contributed by atoms with Crippen molar-refractivity contribution in [3.63, 3.8) is 0 Å². The number of carbonyl (C=O) groups excluding carboxylic acids is 1. The summed E-state index contributed by atoms with van der Waals surface area (Å²) in [5, 5.41) is 10.3. The van der Waals surface area contributed by atoms with Gasteiger partial charge in [0.05, 0.1) is 6.04 Å². The van der Waals surface area contributed by atoms with E-state index in [-0.39, 0.29) is 11.8 Å². The zero-order valence-electron chi connectivity index (χ0n) is 11.5. The molecule has 6 nitrogen and oxygen atoms in total. The van der Waals surface area contributed by atoms with Gasteiger partial charge in [0.15, 0.2) is 0 Å². The van der Waals surface area contributed by atoms with Gasteiger partial charge in [0.1, 0.15) is 0 Å². The highest BCUT2D eigenvalue weighted by Gasteiger charge is 2.19. The van der Waals surface area contributed by atoms with E-state index in [0.29, 0.717) is 11.6 Å². The van der Waals surface area contributed by atoms with E-state index >= 15 is 0 Å². The lowest BCUT2D eigenvalue weighted by molar-refractivity contribution is -0.118. The fourth-order valence-electron chi connectivity index (χ4n) is 1.77. The molecular weight excluding hydrogens is 256 g/mol. The van der Waals surface area contributed by atoms with Crippen molar-refractivity contribution in [3.05, 3.63) is 30.7 Å². The second kappa shape index (κ2) is 6.29. The highest BCUT2D eigenvalue weighted by molar-refractivity contribution is 5.95. The third-order valence-corrected chi connectivity index (χ3v) is 3.30. The molecule has 3 N–H and O–H groups in total. The molecule has 6 heteroatoms. The molecule has 2 rings (SSSR count). The van der Waals surface area contributed by atoms with Crippen molar-refractivity contribution < 1.29 is 9.21 Å². The van der Waals surface area contributed by atoms with Crippen molar-refractivity contribution in [2.75, 3.05) is 5.32 Å². The third-order valence-electron chi connectivity index (χ3n) is 3.30. The molecule has 0 spiro atoms. The zero-order chi connectivity index (χ0) is 14.5. The van der Waals surface area contributed by atoms with Crippen LogP contribution in [0.4, 0.5) is 5.69 Å². The Balaban J connectivity index is 2.10. The van der Waals surface area contributed by atoms with Crippen LogP contribution in [0.1, 0.15) is 20.3 Å². The number of nitrogens with one attached hydrogen (secondary N) is 1. The number of carbonyl (C=O) groups is 1. The van der Waals surface area contributed by atoms with Crippen LogP contribution in [0.3, 0.4) is 0 Å². The molecule has 0 unspecified atom stereocenters. The Morgan fingerprint density at radius 2 is 2.30 bits per heavy atom. The summed E-state index contributed by atoms with van der Waals surface area (Å²) in [6.07, 6.45) is 2.12. The van der Waals surface area contributed by atoms with Crippen molar-refractivity contribution in [1.82, 2.24) is 10.2 Å². The summed E-state index contributed by atoms with van der Waals surface area (Å²) in [6.45, 7) is 3.97. The molecule has 0 aliphatic heterocycles. The van der Waals surface area contributed by atoms with E-state index in [1.807, 2.05) is 26.0 Å². The molecule has 0 aliphatic rings. The number of anilines is 1. The molecule has 0 radical (unpaired) electrons. The fraction of sp³-hybridized carbons (Fsp3) is 0.357. The Morgan fingerprint density at radius 3 is 2.95 bits per heavy atom. The molecule has 1 aromatic carbocycles. The molecule has 0 aliphatic carbocycles. The van der Waals surface area contributed by atoms with Gasteiger partial charge in [-0.15, -0.1) is 10.2 Å². The molecule has 0 saturated carbocycles. The second-order valence-corrected chi connectivity index (χ2v) is 4.73. The third kappa shape index (κ3) is 3.21. The van der Waals surface area contributed by atoms with Gasteiger partial charge in [-0.3, -0.25) is 4.79 Å². The van der Waals surface area contributed by atoms with E-state index in [2.05, 4.69) is 15.5 Å². The van der Waals surface area contributed by atoms with Gasteiger partial charge in [0.25, 0.3) is 0 Å². The molecule has 0 saturated heterocycles.